The number of hydrogen-bond donors (Lipinski definition) is 0. The third-order valence-corrected chi connectivity index (χ3v) is 4.97. The summed E-state index contributed by atoms with van der Waals surface area (Å²) in [5.41, 5.74) is 3.47. The number of nitrogens with zero attached hydrogens (tertiary/aromatic N) is 2. The van der Waals surface area contributed by atoms with Gasteiger partial charge in [0.2, 0.25) is 0 Å². The van der Waals surface area contributed by atoms with Crippen molar-refractivity contribution in [2.24, 2.45) is 0 Å². The first kappa shape index (κ1) is 16.5. The summed E-state index contributed by atoms with van der Waals surface area (Å²) in [7, 11) is 2.20. The smallest absolute Gasteiger partial charge is 0.123 e. The molecule has 0 aliphatic carbocycles. The van der Waals surface area contributed by atoms with E-state index in [1.54, 1.807) is 11.3 Å². The Kier molecular flexibility index (Phi) is 6.22. The third kappa shape index (κ3) is 4.53. The largest absolute Gasteiger partial charge is 0.299 e. The summed E-state index contributed by atoms with van der Waals surface area (Å²) in [5, 5.41) is 3.08. The molecule has 0 radical (unpaired) electrons. The fraction of sp³-hybridized carbons (Fsp3) is 0.471. The van der Waals surface area contributed by atoms with Gasteiger partial charge in [-0.05, 0) is 32.0 Å². The zero-order valence-electron chi connectivity index (χ0n) is 13.0. The van der Waals surface area contributed by atoms with E-state index in [9.17, 15) is 0 Å². The van der Waals surface area contributed by atoms with Gasteiger partial charge in [-0.15, -0.1) is 22.9 Å². The molecule has 0 bridgehead atoms. The molecule has 1 heterocycles. The van der Waals surface area contributed by atoms with Crippen LogP contribution in [0.3, 0.4) is 0 Å². The van der Waals surface area contributed by atoms with Gasteiger partial charge in [-0.1, -0.05) is 31.5 Å². The van der Waals surface area contributed by atoms with Crippen molar-refractivity contribution in [1.29, 1.82) is 0 Å². The molecule has 0 saturated heterocycles. The summed E-state index contributed by atoms with van der Waals surface area (Å²) in [6.45, 7) is 5.51. The predicted octanol–water partition coefficient (Wildman–Crippen LogP) is 5.17. The van der Waals surface area contributed by atoms with Crippen molar-refractivity contribution in [3.63, 3.8) is 0 Å². The number of thiazole rings is 1. The van der Waals surface area contributed by atoms with Gasteiger partial charge >= 0.3 is 0 Å². The average molecular weight is 323 g/mol. The Morgan fingerprint density at radius 2 is 2.19 bits per heavy atom. The molecule has 0 aliphatic rings. The molecule has 2 aromatic rings. The maximum atomic E-state index is 5.83. The van der Waals surface area contributed by atoms with Gasteiger partial charge in [0, 0.05) is 23.5 Å². The number of hydrogen-bond acceptors (Lipinski definition) is 3. The normalized spacial score (nSPS) is 12.8. The minimum absolute atomic E-state index is 0.480. The van der Waals surface area contributed by atoms with Crippen LogP contribution >= 0.6 is 22.9 Å². The molecule has 0 spiro atoms. The lowest BCUT2D eigenvalue weighted by Gasteiger charge is -2.24. The summed E-state index contributed by atoms with van der Waals surface area (Å²) >= 11 is 7.49. The SMILES string of the molecule is CCCC(C)N(C)Cc1cccc(-c2nc(CCl)cs2)c1. The van der Waals surface area contributed by atoms with E-state index in [0.29, 0.717) is 11.9 Å². The zero-order valence-corrected chi connectivity index (χ0v) is 14.5. The van der Waals surface area contributed by atoms with Crippen LogP contribution in [0.15, 0.2) is 29.6 Å². The maximum Gasteiger partial charge on any atom is 0.123 e. The number of halogens is 1. The second-order valence-corrected chi connectivity index (χ2v) is 6.66. The van der Waals surface area contributed by atoms with Crippen LogP contribution in [0.2, 0.25) is 0 Å². The predicted molar refractivity (Wildman–Crippen MR) is 92.9 cm³/mol. The van der Waals surface area contributed by atoms with Crippen LogP contribution in [-0.4, -0.2) is 23.0 Å². The molecule has 1 atom stereocenters. The van der Waals surface area contributed by atoms with Crippen molar-refractivity contribution in [3.8, 4) is 10.6 Å². The molecule has 0 N–H and O–H groups in total. The van der Waals surface area contributed by atoms with Crippen LogP contribution < -0.4 is 0 Å². The van der Waals surface area contributed by atoms with Crippen molar-refractivity contribution >= 4 is 22.9 Å². The van der Waals surface area contributed by atoms with Gasteiger partial charge in [-0.25, -0.2) is 4.98 Å². The summed E-state index contributed by atoms with van der Waals surface area (Å²) in [6.07, 6.45) is 2.47. The van der Waals surface area contributed by atoms with Gasteiger partial charge in [0.1, 0.15) is 5.01 Å². The number of rotatable bonds is 7. The molecule has 21 heavy (non-hydrogen) atoms. The molecule has 1 unspecified atom stereocenters. The summed E-state index contributed by atoms with van der Waals surface area (Å²) in [4.78, 5) is 6.97. The van der Waals surface area contributed by atoms with E-state index in [1.807, 2.05) is 5.38 Å². The topological polar surface area (TPSA) is 16.1 Å². The molecule has 2 rings (SSSR count). The molecule has 114 valence electrons. The van der Waals surface area contributed by atoms with E-state index in [4.69, 9.17) is 11.6 Å². The van der Waals surface area contributed by atoms with E-state index in [0.717, 1.165) is 17.2 Å². The van der Waals surface area contributed by atoms with Crippen molar-refractivity contribution in [3.05, 3.63) is 40.9 Å². The van der Waals surface area contributed by atoms with Gasteiger partial charge in [-0.2, -0.15) is 0 Å². The highest BCUT2D eigenvalue weighted by Crippen LogP contribution is 2.25. The quantitative estimate of drug-likeness (QED) is 0.654. The molecular formula is C17H23ClN2S. The Labute approximate surface area is 136 Å². The molecule has 0 fully saturated rings. The summed E-state index contributed by atoms with van der Waals surface area (Å²) in [6, 6.07) is 9.28. The van der Waals surface area contributed by atoms with Crippen molar-refractivity contribution in [2.45, 2.75) is 45.2 Å². The molecule has 4 heteroatoms. The Morgan fingerprint density at radius 1 is 1.38 bits per heavy atom. The first-order chi connectivity index (χ1) is 10.1. The Hall–Kier alpha value is -0.900. The van der Waals surface area contributed by atoms with E-state index in [-0.39, 0.29) is 0 Å². The summed E-state index contributed by atoms with van der Waals surface area (Å²) in [5.74, 6) is 0.480. The zero-order chi connectivity index (χ0) is 15.2. The lowest BCUT2D eigenvalue weighted by molar-refractivity contribution is 0.237. The Bertz CT molecular complexity index is 567. The lowest BCUT2D eigenvalue weighted by atomic mass is 10.1. The lowest BCUT2D eigenvalue weighted by Crippen LogP contribution is -2.28. The van der Waals surface area contributed by atoms with Crippen LogP contribution in [0.25, 0.3) is 10.6 Å². The van der Waals surface area contributed by atoms with Crippen LogP contribution in [-0.2, 0) is 12.4 Å². The Morgan fingerprint density at radius 3 is 2.86 bits per heavy atom. The van der Waals surface area contributed by atoms with Crippen LogP contribution in [0.1, 0.15) is 37.9 Å². The van der Waals surface area contributed by atoms with Crippen LogP contribution in [0, 0.1) is 0 Å². The van der Waals surface area contributed by atoms with Gasteiger partial charge < -0.3 is 0 Å². The van der Waals surface area contributed by atoms with Crippen molar-refractivity contribution < 1.29 is 0 Å². The molecule has 2 nitrogen and oxygen atoms in total. The highest BCUT2D eigenvalue weighted by atomic mass is 35.5. The van der Waals surface area contributed by atoms with Crippen LogP contribution in [0.5, 0.6) is 0 Å². The molecule has 0 aliphatic heterocycles. The van der Waals surface area contributed by atoms with E-state index in [2.05, 4.69) is 55.0 Å². The highest BCUT2D eigenvalue weighted by Gasteiger charge is 2.10. The van der Waals surface area contributed by atoms with E-state index >= 15 is 0 Å². The minimum atomic E-state index is 0.480. The fourth-order valence-electron chi connectivity index (χ4n) is 2.39. The minimum Gasteiger partial charge on any atom is -0.299 e. The van der Waals surface area contributed by atoms with Crippen molar-refractivity contribution in [1.82, 2.24) is 9.88 Å². The first-order valence-electron chi connectivity index (χ1n) is 7.44. The monoisotopic (exact) mass is 322 g/mol. The number of alkyl halides is 1. The third-order valence-electron chi connectivity index (χ3n) is 3.75. The standard InChI is InChI=1S/C17H23ClN2S/c1-4-6-13(2)20(3)11-14-7-5-8-15(9-14)17-19-16(10-18)12-21-17/h5,7-9,12-13H,4,6,10-11H2,1-3H3. The van der Waals surface area contributed by atoms with E-state index in [1.165, 1.54) is 24.0 Å². The second kappa shape index (κ2) is 7.92. The van der Waals surface area contributed by atoms with Crippen molar-refractivity contribution in [2.75, 3.05) is 7.05 Å². The number of benzene rings is 1. The number of aromatic nitrogens is 1. The first-order valence-corrected chi connectivity index (χ1v) is 8.85. The maximum absolute atomic E-state index is 5.83. The fourth-order valence-corrected chi connectivity index (χ4v) is 3.43. The summed E-state index contributed by atoms with van der Waals surface area (Å²) < 4.78 is 0. The van der Waals surface area contributed by atoms with Gasteiger partial charge in [0.25, 0.3) is 0 Å². The highest BCUT2D eigenvalue weighted by molar-refractivity contribution is 7.13. The second-order valence-electron chi connectivity index (χ2n) is 5.53. The van der Waals surface area contributed by atoms with Gasteiger partial charge in [0.15, 0.2) is 0 Å². The molecule has 1 aromatic heterocycles. The average Bonchev–Trinajstić information content (AvgIpc) is 2.96. The molecule has 1 aromatic carbocycles. The molecule has 0 amide bonds. The van der Waals surface area contributed by atoms with Gasteiger partial charge in [0.05, 0.1) is 11.6 Å². The molecule has 0 saturated carbocycles. The molecular weight excluding hydrogens is 300 g/mol. The van der Waals surface area contributed by atoms with Crippen LogP contribution in [0.4, 0.5) is 0 Å². The van der Waals surface area contributed by atoms with E-state index < -0.39 is 0 Å². The Balaban J connectivity index is 2.10. The van der Waals surface area contributed by atoms with Gasteiger partial charge in [-0.3, -0.25) is 4.90 Å².